The summed E-state index contributed by atoms with van der Waals surface area (Å²) in [6.07, 6.45) is 0. The van der Waals surface area contributed by atoms with Crippen molar-refractivity contribution in [1.82, 2.24) is 0 Å². The molecule has 108 valence electrons. The highest BCUT2D eigenvalue weighted by atomic mass is 35.5. The molecular formula is C15H19ClN2O2. The van der Waals surface area contributed by atoms with E-state index in [0.29, 0.717) is 16.3 Å². The van der Waals surface area contributed by atoms with Crippen molar-refractivity contribution in [2.45, 2.75) is 33.7 Å². The largest absolute Gasteiger partial charge is 0.370 e. The lowest BCUT2D eigenvalue weighted by Crippen LogP contribution is -2.39. The maximum absolute atomic E-state index is 11.6. The van der Waals surface area contributed by atoms with Crippen molar-refractivity contribution in [1.29, 1.82) is 0 Å². The van der Waals surface area contributed by atoms with Crippen LogP contribution in [0.1, 0.15) is 38.1 Å². The zero-order chi connectivity index (χ0) is 15.2. The highest BCUT2D eigenvalue weighted by Gasteiger charge is 2.31. The van der Waals surface area contributed by atoms with Gasteiger partial charge >= 0.3 is 0 Å². The van der Waals surface area contributed by atoms with E-state index in [0.717, 1.165) is 5.69 Å². The molecule has 0 bridgehead atoms. The van der Waals surface area contributed by atoms with Crippen molar-refractivity contribution in [2.75, 3.05) is 17.3 Å². The number of ketones is 1. The molecule has 1 amide bonds. The van der Waals surface area contributed by atoms with E-state index in [2.05, 4.69) is 37.9 Å². The van der Waals surface area contributed by atoms with Gasteiger partial charge in [0.15, 0.2) is 0 Å². The SMILES string of the molecule is CC(N(C)c1cc2c(cc1Cl)C(=O)C(=O)N2)C(C)(C)C. The predicted molar refractivity (Wildman–Crippen MR) is 81.7 cm³/mol. The fraction of sp³-hybridized carbons (Fsp3) is 0.467. The number of carbonyl (C=O) groups excluding carboxylic acids is 2. The molecular weight excluding hydrogens is 276 g/mol. The lowest BCUT2D eigenvalue weighted by atomic mass is 9.87. The number of anilines is 2. The second-order valence-electron chi connectivity index (χ2n) is 6.29. The van der Waals surface area contributed by atoms with Gasteiger partial charge in [-0.2, -0.15) is 0 Å². The minimum absolute atomic E-state index is 0.0795. The van der Waals surface area contributed by atoms with E-state index < -0.39 is 11.7 Å². The fourth-order valence-electron chi connectivity index (χ4n) is 2.21. The molecule has 5 heteroatoms. The highest BCUT2D eigenvalue weighted by Crippen LogP contribution is 2.37. The molecule has 1 unspecified atom stereocenters. The second-order valence-corrected chi connectivity index (χ2v) is 6.69. The van der Waals surface area contributed by atoms with Crippen molar-refractivity contribution in [3.63, 3.8) is 0 Å². The first-order chi connectivity index (χ1) is 9.12. The molecule has 1 aromatic rings. The summed E-state index contributed by atoms with van der Waals surface area (Å²) in [6, 6.07) is 3.58. The molecule has 1 aromatic carbocycles. The van der Waals surface area contributed by atoms with Crippen LogP contribution in [0.2, 0.25) is 5.02 Å². The number of fused-ring (bicyclic) bond motifs is 1. The van der Waals surface area contributed by atoms with Gasteiger partial charge in [-0.1, -0.05) is 32.4 Å². The van der Waals surface area contributed by atoms with Gasteiger partial charge in [-0.15, -0.1) is 0 Å². The van der Waals surface area contributed by atoms with Crippen molar-refractivity contribution in [3.8, 4) is 0 Å². The van der Waals surface area contributed by atoms with Crippen LogP contribution in [0.15, 0.2) is 12.1 Å². The van der Waals surface area contributed by atoms with Gasteiger partial charge in [-0.25, -0.2) is 0 Å². The predicted octanol–water partition coefficient (Wildman–Crippen LogP) is 3.35. The molecule has 2 rings (SSSR count). The van der Waals surface area contributed by atoms with E-state index in [9.17, 15) is 9.59 Å². The summed E-state index contributed by atoms with van der Waals surface area (Å²) in [4.78, 5) is 25.1. The Kier molecular flexibility index (Phi) is 3.54. The third-order valence-electron chi connectivity index (χ3n) is 4.00. The van der Waals surface area contributed by atoms with Gasteiger partial charge in [0.1, 0.15) is 0 Å². The first kappa shape index (κ1) is 14.9. The van der Waals surface area contributed by atoms with Crippen molar-refractivity contribution >= 4 is 34.7 Å². The molecule has 1 heterocycles. The summed E-state index contributed by atoms with van der Waals surface area (Å²) < 4.78 is 0. The van der Waals surface area contributed by atoms with E-state index in [4.69, 9.17) is 11.6 Å². The monoisotopic (exact) mass is 294 g/mol. The summed E-state index contributed by atoms with van der Waals surface area (Å²) in [5.41, 5.74) is 1.77. The van der Waals surface area contributed by atoms with E-state index in [1.807, 2.05) is 7.05 Å². The molecule has 1 atom stereocenters. The van der Waals surface area contributed by atoms with Crippen LogP contribution in [-0.4, -0.2) is 24.8 Å². The van der Waals surface area contributed by atoms with Crippen LogP contribution in [0.4, 0.5) is 11.4 Å². The van der Waals surface area contributed by atoms with Gasteiger partial charge in [0.2, 0.25) is 0 Å². The molecule has 0 aliphatic carbocycles. The smallest absolute Gasteiger partial charge is 0.296 e. The van der Waals surface area contributed by atoms with Crippen LogP contribution in [0.3, 0.4) is 0 Å². The number of nitrogens with zero attached hydrogens (tertiary/aromatic N) is 1. The maximum atomic E-state index is 11.6. The van der Waals surface area contributed by atoms with E-state index >= 15 is 0 Å². The molecule has 20 heavy (non-hydrogen) atoms. The Labute approximate surface area is 124 Å². The Bertz CT molecular complexity index is 590. The minimum Gasteiger partial charge on any atom is -0.370 e. The lowest BCUT2D eigenvalue weighted by molar-refractivity contribution is -0.112. The quantitative estimate of drug-likeness (QED) is 0.851. The van der Waals surface area contributed by atoms with Crippen LogP contribution >= 0.6 is 11.6 Å². The number of nitrogens with one attached hydrogen (secondary N) is 1. The molecule has 4 nitrogen and oxygen atoms in total. The Hall–Kier alpha value is -1.55. The molecule has 1 aliphatic rings. The van der Waals surface area contributed by atoms with E-state index in [1.165, 1.54) is 0 Å². The van der Waals surface area contributed by atoms with E-state index in [-0.39, 0.29) is 11.5 Å². The summed E-state index contributed by atoms with van der Waals surface area (Å²) in [7, 11) is 1.96. The number of benzene rings is 1. The van der Waals surface area contributed by atoms with Gasteiger partial charge in [0.25, 0.3) is 11.7 Å². The Morgan fingerprint density at radius 2 is 1.85 bits per heavy atom. The standard InChI is InChI=1S/C15H19ClN2O2/c1-8(15(2,3)4)18(5)12-7-11-9(6-10(12)16)13(19)14(20)17-11/h6-8H,1-5H3,(H,17,19,20). The van der Waals surface area contributed by atoms with Crippen LogP contribution in [-0.2, 0) is 4.79 Å². The molecule has 0 fully saturated rings. The Morgan fingerprint density at radius 1 is 1.25 bits per heavy atom. The molecule has 0 spiro atoms. The summed E-state index contributed by atoms with van der Waals surface area (Å²) in [5.74, 6) is -1.13. The zero-order valence-electron chi connectivity index (χ0n) is 12.4. The third-order valence-corrected chi connectivity index (χ3v) is 4.30. The maximum Gasteiger partial charge on any atom is 0.296 e. The molecule has 0 radical (unpaired) electrons. The Morgan fingerprint density at radius 3 is 2.40 bits per heavy atom. The van der Waals surface area contributed by atoms with Crippen molar-refractivity contribution in [3.05, 3.63) is 22.7 Å². The van der Waals surface area contributed by atoms with Crippen molar-refractivity contribution in [2.24, 2.45) is 5.41 Å². The first-order valence-corrected chi connectivity index (χ1v) is 6.92. The summed E-state index contributed by atoms with van der Waals surface area (Å²) >= 11 is 6.28. The highest BCUT2D eigenvalue weighted by molar-refractivity contribution is 6.52. The summed E-state index contributed by atoms with van der Waals surface area (Å²) in [5, 5.41) is 3.05. The van der Waals surface area contributed by atoms with Gasteiger partial charge in [0.05, 0.1) is 22.0 Å². The van der Waals surface area contributed by atoms with E-state index in [1.54, 1.807) is 12.1 Å². The third kappa shape index (κ3) is 2.40. The lowest BCUT2D eigenvalue weighted by Gasteiger charge is -2.37. The number of hydrogen-bond donors (Lipinski definition) is 1. The van der Waals surface area contributed by atoms with Crippen LogP contribution < -0.4 is 10.2 Å². The zero-order valence-corrected chi connectivity index (χ0v) is 13.1. The van der Waals surface area contributed by atoms with Crippen LogP contribution in [0.25, 0.3) is 0 Å². The van der Waals surface area contributed by atoms with Gasteiger partial charge in [-0.3, -0.25) is 9.59 Å². The number of amides is 1. The Balaban J connectivity index is 2.43. The number of Topliss-reactive ketones (excluding diaryl/α,β-unsaturated/α-hetero) is 1. The molecule has 0 saturated carbocycles. The minimum atomic E-state index is -0.597. The van der Waals surface area contributed by atoms with Gasteiger partial charge in [-0.05, 0) is 24.5 Å². The second kappa shape index (κ2) is 4.77. The number of hydrogen-bond acceptors (Lipinski definition) is 3. The number of rotatable bonds is 2. The average molecular weight is 295 g/mol. The topological polar surface area (TPSA) is 49.4 Å². The van der Waals surface area contributed by atoms with Crippen molar-refractivity contribution < 1.29 is 9.59 Å². The summed E-state index contributed by atoms with van der Waals surface area (Å²) in [6.45, 7) is 8.58. The average Bonchev–Trinajstić information content (AvgIpc) is 2.62. The van der Waals surface area contributed by atoms with Gasteiger partial charge < -0.3 is 10.2 Å². The first-order valence-electron chi connectivity index (χ1n) is 6.55. The molecule has 1 N–H and O–H groups in total. The number of halogens is 1. The normalized spacial score (nSPS) is 15.9. The van der Waals surface area contributed by atoms with Crippen LogP contribution in [0, 0.1) is 5.41 Å². The number of carbonyl (C=O) groups is 2. The molecule has 0 saturated heterocycles. The molecule has 1 aliphatic heterocycles. The van der Waals surface area contributed by atoms with Gasteiger partial charge in [0, 0.05) is 13.1 Å². The fourth-order valence-corrected chi connectivity index (χ4v) is 2.51. The van der Waals surface area contributed by atoms with Crippen LogP contribution in [0.5, 0.6) is 0 Å². The molecule has 0 aromatic heterocycles.